The van der Waals surface area contributed by atoms with Crippen molar-refractivity contribution in [2.24, 2.45) is 4.99 Å². The van der Waals surface area contributed by atoms with E-state index in [-0.39, 0.29) is 17.4 Å². The van der Waals surface area contributed by atoms with Crippen LogP contribution in [0.4, 0.5) is 5.82 Å². The van der Waals surface area contributed by atoms with Crippen molar-refractivity contribution in [3.63, 3.8) is 0 Å². The minimum absolute atomic E-state index is 0.0347. The van der Waals surface area contributed by atoms with Crippen LogP contribution in [0.2, 0.25) is 0 Å². The molecule has 1 aromatic heterocycles. The summed E-state index contributed by atoms with van der Waals surface area (Å²) in [6.45, 7) is 6.32. The summed E-state index contributed by atoms with van der Waals surface area (Å²) in [4.78, 5) is 34.8. The molecule has 0 aliphatic rings. The lowest BCUT2D eigenvalue weighted by Crippen LogP contribution is -2.29. The number of nitrogens with one attached hydrogen (secondary N) is 3. The fourth-order valence-corrected chi connectivity index (χ4v) is 3.44. The van der Waals surface area contributed by atoms with Gasteiger partial charge in [-0.3, -0.25) is 14.6 Å². The number of nitrogens with zero attached hydrogens (tertiary/aromatic N) is 3. The molecule has 2 amide bonds. The molecule has 194 valence electrons. The zero-order valence-electron chi connectivity index (χ0n) is 21.3. The summed E-state index contributed by atoms with van der Waals surface area (Å²) in [7, 11) is 5.49. The van der Waals surface area contributed by atoms with E-state index in [1.807, 2.05) is 38.4 Å². The van der Waals surface area contributed by atoms with Gasteiger partial charge in [-0.2, -0.15) is 0 Å². The summed E-state index contributed by atoms with van der Waals surface area (Å²) in [5, 5.41) is 10.1. The maximum absolute atomic E-state index is 12.6. The topological polar surface area (TPSA) is 117 Å². The smallest absolute Gasteiger partial charge is 0.278 e. The molecule has 0 aliphatic heterocycles. The Balaban J connectivity index is 1.63. The van der Waals surface area contributed by atoms with Gasteiger partial charge < -0.3 is 30.3 Å². The van der Waals surface area contributed by atoms with Gasteiger partial charge in [0.1, 0.15) is 30.2 Å². The third-order valence-electron chi connectivity index (χ3n) is 5.46. The SMILES string of the molecule is C=N/C(=C\OCCN(C)CCNC)C(=O)Nc1cc(Oc2ccc3c(C(=O)NC)cccc3c2)ccn1. The van der Waals surface area contributed by atoms with E-state index < -0.39 is 5.91 Å². The Bertz CT molecular complexity index is 1280. The summed E-state index contributed by atoms with van der Waals surface area (Å²) < 4.78 is 11.5. The third kappa shape index (κ3) is 7.86. The number of rotatable bonds is 13. The molecule has 0 unspecified atom stereocenters. The monoisotopic (exact) mass is 504 g/mol. The maximum Gasteiger partial charge on any atom is 0.278 e. The van der Waals surface area contributed by atoms with Crippen LogP contribution in [-0.2, 0) is 9.53 Å². The lowest BCUT2D eigenvalue weighted by molar-refractivity contribution is -0.113. The van der Waals surface area contributed by atoms with Crippen LogP contribution in [0, 0.1) is 0 Å². The Morgan fingerprint density at radius 3 is 2.68 bits per heavy atom. The van der Waals surface area contributed by atoms with Crippen LogP contribution in [0.1, 0.15) is 10.4 Å². The van der Waals surface area contributed by atoms with E-state index >= 15 is 0 Å². The molecule has 0 bridgehead atoms. The van der Waals surface area contributed by atoms with E-state index in [9.17, 15) is 9.59 Å². The molecule has 10 heteroatoms. The van der Waals surface area contributed by atoms with Crippen molar-refractivity contribution in [1.29, 1.82) is 0 Å². The molecule has 2 aromatic carbocycles. The van der Waals surface area contributed by atoms with Crippen LogP contribution in [0.15, 0.2) is 71.7 Å². The van der Waals surface area contributed by atoms with Crippen molar-refractivity contribution in [2.45, 2.75) is 0 Å². The molecule has 0 atom stereocenters. The zero-order valence-corrected chi connectivity index (χ0v) is 21.3. The zero-order chi connectivity index (χ0) is 26.6. The largest absolute Gasteiger partial charge is 0.497 e. The highest BCUT2D eigenvalue weighted by Crippen LogP contribution is 2.28. The van der Waals surface area contributed by atoms with E-state index in [1.54, 1.807) is 31.3 Å². The number of benzene rings is 2. The van der Waals surface area contributed by atoms with Crippen LogP contribution in [0.3, 0.4) is 0 Å². The third-order valence-corrected chi connectivity index (χ3v) is 5.46. The second-order valence-electron chi connectivity index (χ2n) is 8.14. The number of carbonyl (C=O) groups excluding carboxylic acids is 2. The van der Waals surface area contributed by atoms with Gasteiger partial charge in [0.25, 0.3) is 11.8 Å². The number of amides is 2. The van der Waals surface area contributed by atoms with E-state index in [0.717, 1.165) is 23.9 Å². The average Bonchev–Trinajstić information content (AvgIpc) is 2.91. The van der Waals surface area contributed by atoms with Crippen molar-refractivity contribution < 1.29 is 19.1 Å². The van der Waals surface area contributed by atoms with E-state index in [0.29, 0.717) is 30.2 Å². The Hall–Kier alpha value is -4.28. The highest BCUT2D eigenvalue weighted by atomic mass is 16.5. The molecule has 1 heterocycles. The van der Waals surface area contributed by atoms with Crippen molar-refractivity contribution in [3.05, 3.63) is 72.3 Å². The number of hydrogen-bond acceptors (Lipinski definition) is 8. The second kappa shape index (κ2) is 13.7. The van der Waals surface area contributed by atoms with Crippen molar-refractivity contribution >= 4 is 35.1 Å². The number of likely N-dealkylation sites (N-methyl/N-ethyl adjacent to an activating group) is 2. The van der Waals surface area contributed by atoms with Gasteiger partial charge in [0, 0.05) is 44.5 Å². The van der Waals surface area contributed by atoms with Crippen LogP contribution in [0.25, 0.3) is 10.8 Å². The van der Waals surface area contributed by atoms with Crippen LogP contribution in [-0.4, -0.2) is 75.8 Å². The van der Waals surface area contributed by atoms with E-state index in [4.69, 9.17) is 9.47 Å². The minimum atomic E-state index is -0.504. The number of fused-ring (bicyclic) bond motifs is 1. The van der Waals surface area contributed by atoms with Crippen molar-refractivity contribution in [1.82, 2.24) is 20.5 Å². The first-order valence-electron chi connectivity index (χ1n) is 11.8. The molecule has 3 rings (SSSR count). The van der Waals surface area contributed by atoms with Gasteiger partial charge in [-0.15, -0.1) is 0 Å². The highest BCUT2D eigenvalue weighted by molar-refractivity contribution is 6.07. The number of hydrogen-bond donors (Lipinski definition) is 3. The summed E-state index contributed by atoms with van der Waals surface area (Å²) >= 11 is 0. The molecular formula is C27H32N6O4. The first-order chi connectivity index (χ1) is 17.9. The quantitative estimate of drug-likeness (QED) is 0.142. The standard InChI is InChI=1S/C27H32N6O4/c1-28-12-13-33(4)14-15-36-18-24(29-2)27(35)32-25-17-21(10-11-31-25)37-20-8-9-22-19(16-20)6-5-7-23(22)26(34)30-3/h5-11,16-18,28H,2,12-15H2,1,3-4H3,(H,30,34)(H,31,32,35)/b24-18-. The van der Waals surface area contributed by atoms with Gasteiger partial charge in [-0.25, -0.2) is 4.98 Å². The van der Waals surface area contributed by atoms with Gasteiger partial charge in [0.2, 0.25) is 0 Å². The fourth-order valence-electron chi connectivity index (χ4n) is 3.44. The minimum Gasteiger partial charge on any atom is -0.497 e. The van der Waals surface area contributed by atoms with E-state index in [2.05, 4.69) is 37.5 Å². The summed E-state index contributed by atoms with van der Waals surface area (Å²) in [6.07, 6.45) is 2.81. The molecule has 10 nitrogen and oxygen atoms in total. The summed E-state index contributed by atoms with van der Waals surface area (Å²) in [5.74, 6) is 0.678. The first kappa shape index (κ1) is 27.3. The van der Waals surface area contributed by atoms with Crippen molar-refractivity contribution in [2.75, 3.05) is 52.7 Å². The normalized spacial score (nSPS) is 11.3. The predicted molar refractivity (Wildman–Crippen MR) is 145 cm³/mol. The van der Waals surface area contributed by atoms with Crippen LogP contribution < -0.4 is 20.7 Å². The number of pyridine rings is 1. The summed E-state index contributed by atoms with van der Waals surface area (Å²) in [6, 6.07) is 14.2. The number of anilines is 1. The Morgan fingerprint density at radius 1 is 1.11 bits per heavy atom. The molecule has 3 N–H and O–H groups in total. The Morgan fingerprint density at radius 2 is 1.92 bits per heavy atom. The molecular weight excluding hydrogens is 472 g/mol. The van der Waals surface area contributed by atoms with Gasteiger partial charge in [-0.05, 0) is 61.9 Å². The van der Waals surface area contributed by atoms with Gasteiger partial charge in [0.05, 0.1) is 0 Å². The average molecular weight is 505 g/mol. The molecule has 0 fully saturated rings. The molecule has 0 aliphatic carbocycles. The molecule has 0 spiro atoms. The number of aromatic nitrogens is 1. The van der Waals surface area contributed by atoms with Gasteiger partial charge in [-0.1, -0.05) is 12.1 Å². The van der Waals surface area contributed by atoms with E-state index in [1.165, 1.54) is 12.5 Å². The lowest BCUT2D eigenvalue weighted by Gasteiger charge is -2.15. The van der Waals surface area contributed by atoms with Crippen LogP contribution >= 0.6 is 0 Å². The molecule has 0 radical (unpaired) electrons. The highest BCUT2D eigenvalue weighted by Gasteiger charge is 2.12. The molecule has 0 saturated heterocycles. The molecule has 0 saturated carbocycles. The van der Waals surface area contributed by atoms with Gasteiger partial charge >= 0.3 is 0 Å². The molecule has 37 heavy (non-hydrogen) atoms. The predicted octanol–water partition coefficient (Wildman–Crippen LogP) is 3.04. The Kier molecular flexibility index (Phi) is 10.1. The van der Waals surface area contributed by atoms with Crippen molar-refractivity contribution in [3.8, 4) is 11.5 Å². The lowest BCUT2D eigenvalue weighted by atomic mass is 10.0. The van der Waals surface area contributed by atoms with Gasteiger partial charge in [0.15, 0.2) is 5.70 Å². The Labute approximate surface area is 216 Å². The number of carbonyl (C=O) groups is 2. The second-order valence-corrected chi connectivity index (χ2v) is 8.14. The fraction of sp³-hybridized carbons (Fsp3) is 0.259. The molecule has 3 aromatic rings. The number of aliphatic imine (C=N–C) groups is 1. The maximum atomic E-state index is 12.6. The summed E-state index contributed by atoms with van der Waals surface area (Å²) in [5.41, 5.74) is 0.623. The first-order valence-corrected chi connectivity index (χ1v) is 11.8. The van der Waals surface area contributed by atoms with Crippen LogP contribution in [0.5, 0.6) is 11.5 Å². The number of ether oxygens (including phenoxy) is 2.